The molecule has 3 nitrogen and oxygen atoms in total. The zero-order chi connectivity index (χ0) is 12.6. The summed E-state index contributed by atoms with van der Waals surface area (Å²) in [5.41, 5.74) is -0.499. The van der Waals surface area contributed by atoms with Crippen molar-refractivity contribution in [2.75, 3.05) is 0 Å². The summed E-state index contributed by atoms with van der Waals surface area (Å²) in [6.45, 7) is 5.41. The molecule has 0 bridgehead atoms. The van der Waals surface area contributed by atoms with E-state index in [1.165, 1.54) is 0 Å². The minimum Gasteiger partial charge on any atom is -0.207 e. The molecule has 90 valence electrons. The van der Waals surface area contributed by atoms with Gasteiger partial charge in [0.05, 0.1) is 9.37 Å². The van der Waals surface area contributed by atoms with Crippen LogP contribution in [0.5, 0.6) is 0 Å². The first-order valence-electron chi connectivity index (χ1n) is 4.61. The van der Waals surface area contributed by atoms with Crippen molar-refractivity contribution >= 4 is 41.9 Å². The molecule has 16 heavy (non-hydrogen) atoms. The minimum absolute atomic E-state index is 0.233. The fourth-order valence-electron chi connectivity index (χ4n) is 1.15. The summed E-state index contributed by atoms with van der Waals surface area (Å²) in [5.74, 6) is 0. The van der Waals surface area contributed by atoms with Crippen LogP contribution in [0.3, 0.4) is 0 Å². The molecule has 0 aromatic heterocycles. The second-order valence-electron chi connectivity index (χ2n) is 4.41. The molecule has 0 aliphatic carbocycles. The Morgan fingerprint density at radius 3 is 2.25 bits per heavy atom. The zero-order valence-corrected chi connectivity index (χ0v) is 13.2. The maximum atomic E-state index is 12.1. The third-order valence-electron chi connectivity index (χ3n) is 1.65. The fraction of sp³-hybridized carbons (Fsp3) is 0.400. The molecule has 1 aromatic carbocycles. The van der Waals surface area contributed by atoms with Crippen LogP contribution >= 0.6 is 31.9 Å². The molecule has 0 saturated heterocycles. The van der Waals surface area contributed by atoms with E-state index in [9.17, 15) is 8.42 Å². The van der Waals surface area contributed by atoms with Gasteiger partial charge in [0.1, 0.15) is 0 Å². The van der Waals surface area contributed by atoms with E-state index in [-0.39, 0.29) is 4.90 Å². The number of hydrogen-bond acceptors (Lipinski definition) is 2. The predicted molar refractivity (Wildman–Crippen MR) is 71.9 cm³/mol. The van der Waals surface area contributed by atoms with Gasteiger partial charge in [0.15, 0.2) is 0 Å². The Hall–Kier alpha value is 0.0900. The lowest BCUT2D eigenvalue weighted by Gasteiger charge is -2.21. The third-order valence-corrected chi connectivity index (χ3v) is 5.76. The minimum atomic E-state index is -3.50. The van der Waals surface area contributed by atoms with Crippen LogP contribution in [0.4, 0.5) is 0 Å². The van der Waals surface area contributed by atoms with Gasteiger partial charge in [0, 0.05) is 10.0 Å². The molecule has 0 unspecified atom stereocenters. The van der Waals surface area contributed by atoms with Crippen molar-refractivity contribution in [2.45, 2.75) is 31.2 Å². The first-order chi connectivity index (χ1) is 7.13. The van der Waals surface area contributed by atoms with E-state index >= 15 is 0 Å². The number of benzene rings is 1. The maximum Gasteiger partial charge on any atom is 0.242 e. The SMILES string of the molecule is CC(C)(C)NS(=O)(=O)c1cccc(Br)c1Br. The van der Waals surface area contributed by atoms with Gasteiger partial charge >= 0.3 is 0 Å². The second kappa shape index (κ2) is 4.76. The highest BCUT2D eigenvalue weighted by molar-refractivity contribution is 9.13. The van der Waals surface area contributed by atoms with Crippen LogP contribution in [-0.2, 0) is 10.0 Å². The molecule has 0 amide bonds. The van der Waals surface area contributed by atoms with Crippen LogP contribution in [0, 0.1) is 0 Å². The second-order valence-corrected chi connectivity index (χ2v) is 7.71. The summed E-state index contributed by atoms with van der Waals surface area (Å²) >= 11 is 6.54. The molecule has 0 heterocycles. The van der Waals surface area contributed by atoms with Crippen molar-refractivity contribution in [3.05, 3.63) is 27.1 Å². The molecule has 1 rings (SSSR count). The molecule has 6 heteroatoms. The Bertz CT molecular complexity index is 492. The van der Waals surface area contributed by atoms with Crippen molar-refractivity contribution in [3.63, 3.8) is 0 Å². The lowest BCUT2D eigenvalue weighted by Crippen LogP contribution is -2.40. The maximum absolute atomic E-state index is 12.1. The Labute approximate surface area is 113 Å². The van der Waals surface area contributed by atoms with Crippen LogP contribution < -0.4 is 4.72 Å². The number of rotatable bonds is 2. The average molecular weight is 371 g/mol. The van der Waals surface area contributed by atoms with E-state index in [0.717, 1.165) is 0 Å². The Balaban J connectivity index is 3.24. The lowest BCUT2D eigenvalue weighted by molar-refractivity contribution is 0.491. The summed E-state index contributed by atoms with van der Waals surface area (Å²) in [4.78, 5) is 0.233. The summed E-state index contributed by atoms with van der Waals surface area (Å²) in [7, 11) is -3.50. The largest absolute Gasteiger partial charge is 0.242 e. The molecular formula is C10H13Br2NO2S. The van der Waals surface area contributed by atoms with Gasteiger partial charge in [-0.2, -0.15) is 0 Å². The topological polar surface area (TPSA) is 46.2 Å². The Morgan fingerprint density at radius 2 is 1.75 bits per heavy atom. The fourth-order valence-corrected chi connectivity index (χ4v) is 4.07. The Kier molecular flexibility index (Phi) is 4.21. The third kappa shape index (κ3) is 3.55. The molecule has 0 fully saturated rings. The van der Waals surface area contributed by atoms with Crippen LogP contribution in [0.25, 0.3) is 0 Å². The monoisotopic (exact) mass is 369 g/mol. The van der Waals surface area contributed by atoms with Gasteiger partial charge in [-0.25, -0.2) is 13.1 Å². The zero-order valence-electron chi connectivity index (χ0n) is 9.21. The van der Waals surface area contributed by atoms with Gasteiger partial charge in [-0.3, -0.25) is 0 Å². The van der Waals surface area contributed by atoms with E-state index in [4.69, 9.17) is 0 Å². The number of halogens is 2. The summed E-state index contributed by atoms with van der Waals surface area (Å²) in [6, 6.07) is 5.02. The van der Waals surface area contributed by atoms with Gasteiger partial charge in [0.2, 0.25) is 10.0 Å². The normalized spacial score (nSPS) is 12.8. The molecule has 1 aromatic rings. The van der Waals surface area contributed by atoms with Crippen LogP contribution in [0.2, 0.25) is 0 Å². The van der Waals surface area contributed by atoms with Crippen molar-refractivity contribution in [1.29, 1.82) is 0 Å². The highest BCUT2D eigenvalue weighted by Crippen LogP contribution is 2.30. The molecular weight excluding hydrogens is 358 g/mol. The molecule has 1 N–H and O–H groups in total. The molecule has 0 aliphatic heterocycles. The van der Waals surface area contributed by atoms with Crippen molar-refractivity contribution < 1.29 is 8.42 Å². The van der Waals surface area contributed by atoms with E-state index in [1.54, 1.807) is 39.0 Å². The van der Waals surface area contributed by atoms with Gasteiger partial charge in [-0.1, -0.05) is 6.07 Å². The van der Waals surface area contributed by atoms with Gasteiger partial charge < -0.3 is 0 Å². The van der Waals surface area contributed by atoms with Crippen molar-refractivity contribution in [3.8, 4) is 0 Å². The molecule has 0 aliphatic rings. The quantitative estimate of drug-likeness (QED) is 0.868. The van der Waals surface area contributed by atoms with Gasteiger partial charge in [0.25, 0.3) is 0 Å². The lowest BCUT2D eigenvalue weighted by atomic mass is 10.1. The standard InChI is InChI=1S/C10H13Br2NO2S/c1-10(2,3)13-16(14,15)8-6-4-5-7(11)9(8)12/h4-6,13H,1-3H3. The summed E-state index contributed by atoms with van der Waals surface area (Å²) < 4.78 is 28.0. The van der Waals surface area contributed by atoms with Crippen LogP contribution in [0.15, 0.2) is 32.0 Å². The highest BCUT2D eigenvalue weighted by atomic mass is 79.9. The number of hydrogen-bond donors (Lipinski definition) is 1. The number of sulfonamides is 1. The first kappa shape index (κ1) is 14.2. The van der Waals surface area contributed by atoms with E-state index in [1.807, 2.05) is 0 Å². The van der Waals surface area contributed by atoms with E-state index in [2.05, 4.69) is 36.6 Å². The summed E-state index contributed by atoms with van der Waals surface area (Å²) in [5, 5.41) is 0. The molecule has 0 radical (unpaired) electrons. The smallest absolute Gasteiger partial charge is 0.207 e. The van der Waals surface area contributed by atoms with Gasteiger partial charge in [-0.15, -0.1) is 0 Å². The Morgan fingerprint density at radius 1 is 1.19 bits per heavy atom. The van der Waals surface area contributed by atoms with Crippen molar-refractivity contribution in [1.82, 2.24) is 4.72 Å². The highest BCUT2D eigenvalue weighted by Gasteiger charge is 2.24. The predicted octanol–water partition coefficient (Wildman–Crippen LogP) is 3.29. The molecule has 0 atom stereocenters. The number of nitrogens with one attached hydrogen (secondary N) is 1. The summed E-state index contributed by atoms with van der Waals surface area (Å²) in [6.07, 6.45) is 0. The molecule has 0 spiro atoms. The average Bonchev–Trinajstić information content (AvgIpc) is 2.05. The van der Waals surface area contributed by atoms with Crippen molar-refractivity contribution in [2.24, 2.45) is 0 Å². The van der Waals surface area contributed by atoms with Crippen LogP contribution in [0.1, 0.15) is 20.8 Å². The van der Waals surface area contributed by atoms with E-state index in [0.29, 0.717) is 8.95 Å². The van der Waals surface area contributed by atoms with Crippen LogP contribution in [-0.4, -0.2) is 14.0 Å². The van der Waals surface area contributed by atoms with Gasteiger partial charge in [-0.05, 0) is 64.8 Å². The first-order valence-corrected chi connectivity index (χ1v) is 7.68. The van der Waals surface area contributed by atoms with E-state index < -0.39 is 15.6 Å². The molecule has 0 saturated carbocycles.